The standard InChI is InChI=1S/C45H69N3O6/c1-4-5-6-7-8-9-10-11-12-13-14-15-16-17-18-21-26-47-42-23-20-19-22-41(42)44(2,3)45(47)25-24-38-35-40(48(49)50)36-39(43(38)54-45)37-46-27-29-51-31-33-53-34-32-52-30-28-46/h19-20,22-25,35-36H,4-18,21,26-34,37H2,1-3H3. The third kappa shape index (κ3) is 11.3. The first-order valence-corrected chi connectivity index (χ1v) is 21.4. The van der Waals surface area contributed by atoms with Crippen molar-refractivity contribution in [2.75, 3.05) is 64.2 Å². The molecule has 1 spiro atoms. The van der Waals surface area contributed by atoms with Crippen LogP contribution in [0.25, 0.3) is 6.08 Å². The molecule has 0 aromatic heterocycles. The Morgan fingerprint density at radius 3 is 1.83 bits per heavy atom. The van der Waals surface area contributed by atoms with E-state index in [4.69, 9.17) is 18.9 Å². The van der Waals surface area contributed by atoms with E-state index in [-0.39, 0.29) is 16.0 Å². The monoisotopic (exact) mass is 748 g/mol. The van der Waals surface area contributed by atoms with E-state index in [0.29, 0.717) is 59.3 Å². The van der Waals surface area contributed by atoms with Gasteiger partial charge in [0, 0.05) is 55.1 Å². The molecule has 300 valence electrons. The summed E-state index contributed by atoms with van der Waals surface area (Å²) < 4.78 is 24.6. The molecule has 0 bridgehead atoms. The van der Waals surface area contributed by atoms with E-state index in [9.17, 15) is 10.1 Å². The summed E-state index contributed by atoms with van der Waals surface area (Å²) in [5, 5.41) is 12.1. The number of non-ortho nitro benzene ring substituents is 1. The third-order valence-electron chi connectivity index (χ3n) is 11.8. The number of unbranched alkanes of at least 4 members (excludes halogenated alkanes) is 15. The number of fused-ring (bicyclic) bond motifs is 2. The first-order chi connectivity index (χ1) is 26.4. The molecule has 1 fully saturated rings. The van der Waals surface area contributed by atoms with Gasteiger partial charge in [0.2, 0.25) is 5.72 Å². The SMILES string of the molecule is CCCCCCCCCCCCCCCCCCN1c2ccccc2C(C)(C)C12C=Cc1cc([N+](=O)[O-])cc(CN3CCOCCOCCOCC3)c1O2. The fourth-order valence-corrected chi connectivity index (χ4v) is 8.53. The molecule has 2 aromatic rings. The summed E-state index contributed by atoms with van der Waals surface area (Å²) in [5.74, 6) is 0.724. The van der Waals surface area contributed by atoms with Gasteiger partial charge in [-0.25, -0.2) is 0 Å². The van der Waals surface area contributed by atoms with Gasteiger partial charge in [0.15, 0.2) is 0 Å². The zero-order valence-electron chi connectivity index (χ0n) is 33.8. The van der Waals surface area contributed by atoms with Crippen molar-refractivity contribution in [3.8, 4) is 5.75 Å². The van der Waals surface area contributed by atoms with Crippen LogP contribution >= 0.6 is 0 Å². The Balaban J connectivity index is 1.21. The average molecular weight is 748 g/mol. The van der Waals surface area contributed by atoms with Gasteiger partial charge < -0.3 is 23.8 Å². The minimum atomic E-state index is -0.766. The predicted octanol–water partition coefficient (Wildman–Crippen LogP) is 10.6. The van der Waals surface area contributed by atoms with E-state index in [2.05, 4.69) is 67.0 Å². The summed E-state index contributed by atoms with van der Waals surface area (Å²) in [6, 6.07) is 12.1. The van der Waals surface area contributed by atoms with E-state index >= 15 is 0 Å². The molecule has 1 atom stereocenters. The van der Waals surface area contributed by atoms with Gasteiger partial charge in [-0.2, -0.15) is 0 Å². The molecule has 0 saturated carbocycles. The summed E-state index contributed by atoms with van der Waals surface area (Å²) in [7, 11) is 0. The third-order valence-corrected chi connectivity index (χ3v) is 11.8. The summed E-state index contributed by atoms with van der Waals surface area (Å²) >= 11 is 0. The molecule has 5 rings (SSSR count). The molecule has 0 aliphatic carbocycles. The molecule has 9 nitrogen and oxygen atoms in total. The van der Waals surface area contributed by atoms with Gasteiger partial charge in [-0.15, -0.1) is 0 Å². The van der Waals surface area contributed by atoms with Gasteiger partial charge in [-0.3, -0.25) is 15.0 Å². The van der Waals surface area contributed by atoms with Crippen molar-refractivity contribution in [2.24, 2.45) is 0 Å². The largest absolute Gasteiger partial charge is 0.462 e. The van der Waals surface area contributed by atoms with Crippen molar-refractivity contribution in [2.45, 2.75) is 141 Å². The molecule has 3 aliphatic rings. The van der Waals surface area contributed by atoms with Gasteiger partial charge in [0.05, 0.1) is 50.0 Å². The fourth-order valence-electron chi connectivity index (χ4n) is 8.53. The van der Waals surface area contributed by atoms with Gasteiger partial charge in [0.25, 0.3) is 5.69 Å². The first-order valence-electron chi connectivity index (χ1n) is 21.4. The van der Waals surface area contributed by atoms with E-state index in [0.717, 1.165) is 29.8 Å². The lowest BCUT2D eigenvalue weighted by Crippen LogP contribution is -2.60. The number of nitrogens with zero attached hydrogens (tertiary/aromatic N) is 3. The van der Waals surface area contributed by atoms with Crippen LogP contribution < -0.4 is 9.64 Å². The normalized spacial score (nSPS) is 20.2. The van der Waals surface area contributed by atoms with Gasteiger partial charge in [-0.05, 0) is 44.1 Å². The summed E-state index contributed by atoms with van der Waals surface area (Å²) in [4.78, 5) is 16.6. The Hall–Kier alpha value is -2.98. The van der Waals surface area contributed by atoms with E-state index in [1.165, 1.54) is 108 Å². The number of para-hydroxylation sites is 1. The van der Waals surface area contributed by atoms with Crippen molar-refractivity contribution in [3.05, 3.63) is 69.3 Å². The molecule has 54 heavy (non-hydrogen) atoms. The summed E-state index contributed by atoms with van der Waals surface area (Å²) in [6.07, 6.45) is 25.7. The lowest BCUT2D eigenvalue weighted by atomic mass is 9.76. The smallest absolute Gasteiger partial charge is 0.270 e. The van der Waals surface area contributed by atoms with Gasteiger partial charge in [-0.1, -0.05) is 121 Å². The Morgan fingerprint density at radius 1 is 0.722 bits per heavy atom. The molecule has 9 heteroatoms. The zero-order valence-corrected chi connectivity index (χ0v) is 33.8. The molecule has 1 unspecified atom stereocenters. The van der Waals surface area contributed by atoms with Crippen molar-refractivity contribution in [1.29, 1.82) is 0 Å². The Bertz CT molecular complexity index is 1450. The average Bonchev–Trinajstić information content (AvgIpc) is 3.34. The maximum Gasteiger partial charge on any atom is 0.270 e. The number of benzene rings is 2. The topological polar surface area (TPSA) is 86.5 Å². The molecule has 0 amide bonds. The highest BCUT2D eigenvalue weighted by molar-refractivity contribution is 5.74. The van der Waals surface area contributed by atoms with Crippen molar-refractivity contribution in [1.82, 2.24) is 4.90 Å². The highest BCUT2D eigenvalue weighted by Gasteiger charge is 2.58. The number of nitro benzene ring substituents is 1. The van der Waals surface area contributed by atoms with Crippen molar-refractivity contribution in [3.63, 3.8) is 0 Å². The molecular weight excluding hydrogens is 679 g/mol. The van der Waals surface area contributed by atoms with E-state index in [1.807, 2.05) is 0 Å². The van der Waals surface area contributed by atoms with Crippen LogP contribution in [0.1, 0.15) is 140 Å². The van der Waals surface area contributed by atoms with Crippen LogP contribution in [-0.4, -0.2) is 74.8 Å². The van der Waals surface area contributed by atoms with Crippen molar-refractivity contribution >= 4 is 17.5 Å². The lowest BCUT2D eigenvalue weighted by Gasteiger charge is -2.47. The second-order valence-electron chi connectivity index (χ2n) is 16.1. The molecular formula is C45H69N3O6. The summed E-state index contributed by atoms with van der Waals surface area (Å²) in [5.41, 5.74) is 2.97. The summed E-state index contributed by atoms with van der Waals surface area (Å²) in [6.45, 7) is 12.8. The number of rotatable bonds is 20. The quantitative estimate of drug-likeness (QED) is 0.0752. The molecule has 3 aliphatic heterocycles. The Kier molecular flexibility index (Phi) is 17.1. The number of hydrogen-bond acceptors (Lipinski definition) is 8. The second-order valence-corrected chi connectivity index (χ2v) is 16.1. The van der Waals surface area contributed by atoms with E-state index < -0.39 is 5.72 Å². The number of anilines is 1. The minimum Gasteiger partial charge on any atom is -0.462 e. The first kappa shape index (κ1) is 42.2. The van der Waals surface area contributed by atoms with E-state index in [1.54, 1.807) is 12.1 Å². The zero-order chi connectivity index (χ0) is 38.1. The predicted molar refractivity (Wildman–Crippen MR) is 220 cm³/mol. The van der Waals surface area contributed by atoms with Crippen LogP contribution in [0.4, 0.5) is 11.4 Å². The van der Waals surface area contributed by atoms with Crippen molar-refractivity contribution < 1.29 is 23.9 Å². The fraction of sp³-hybridized carbons (Fsp3) is 0.689. The number of nitro groups is 1. The van der Waals surface area contributed by atoms with Crippen LogP contribution in [-0.2, 0) is 26.2 Å². The van der Waals surface area contributed by atoms with Gasteiger partial charge in [0.1, 0.15) is 5.75 Å². The highest BCUT2D eigenvalue weighted by Crippen LogP contribution is 2.55. The Labute approximate surface area is 325 Å². The van der Waals surface area contributed by atoms with Crippen LogP contribution in [0, 0.1) is 10.1 Å². The van der Waals surface area contributed by atoms with Crippen LogP contribution in [0.15, 0.2) is 42.5 Å². The molecule has 1 saturated heterocycles. The minimum absolute atomic E-state index is 0.0749. The molecule has 0 N–H and O–H groups in total. The number of ether oxygens (including phenoxy) is 4. The highest BCUT2D eigenvalue weighted by atomic mass is 16.6. The maximum atomic E-state index is 12.1. The number of hydrogen-bond donors (Lipinski definition) is 0. The molecule has 3 heterocycles. The van der Waals surface area contributed by atoms with Crippen LogP contribution in [0.5, 0.6) is 5.75 Å². The second kappa shape index (κ2) is 21.9. The maximum absolute atomic E-state index is 12.1. The van der Waals surface area contributed by atoms with Crippen LogP contribution in [0.3, 0.4) is 0 Å². The molecule has 2 aromatic carbocycles. The molecule has 0 radical (unpaired) electrons. The lowest BCUT2D eigenvalue weighted by molar-refractivity contribution is -0.385. The van der Waals surface area contributed by atoms with Gasteiger partial charge >= 0.3 is 0 Å². The Morgan fingerprint density at radius 2 is 1.26 bits per heavy atom. The van der Waals surface area contributed by atoms with Crippen LogP contribution in [0.2, 0.25) is 0 Å².